The zero-order chi connectivity index (χ0) is 15.1. The van der Waals surface area contributed by atoms with Gasteiger partial charge in [-0.1, -0.05) is 25.1 Å². The summed E-state index contributed by atoms with van der Waals surface area (Å²) in [7, 11) is 1.69. The molecule has 1 N–H and O–H groups in total. The molecule has 2 aromatic rings. The highest BCUT2D eigenvalue weighted by atomic mass is 32.2. The van der Waals surface area contributed by atoms with Crippen molar-refractivity contribution in [2.45, 2.75) is 24.3 Å². The maximum atomic E-state index is 5.49. The van der Waals surface area contributed by atoms with Crippen LogP contribution < -0.4 is 10.1 Å². The zero-order valence-electron chi connectivity index (χ0n) is 12.8. The number of pyridine rings is 1. The molecular weight excluding hydrogens is 280 g/mol. The number of hydrogen-bond acceptors (Lipinski definition) is 4. The first-order valence-electron chi connectivity index (χ1n) is 7.17. The Morgan fingerprint density at radius 2 is 2.05 bits per heavy atom. The predicted molar refractivity (Wildman–Crippen MR) is 89.1 cm³/mol. The summed E-state index contributed by atoms with van der Waals surface area (Å²) in [5, 5.41) is 3.60. The molecule has 1 heterocycles. The summed E-state index contributed by atoms with van der Waals surface area (Å²) < 4.78 is 5.49. The molecule has 0 aliphatic heterocycles. The molecule has 0 spiro atoms. The number of methoxy groups -OCH3 is 1. The van der Waals surface area contributed by atoms with Crippen LogP contribution in [0.3, 0.4) is 0 Å². The van der Waals surface area contributed by atoms with Crippen molar-refractivity contribution in [3.05, 3.63) is 53.9 Å². The highest BCUT2D eigenvalue weighted by molar-refractivity contribution is 7.98. The zero-order valence-corrected chi connectivity index (χ0v) is 13.6. The van der Waals surface area contributed by atoms with Crippen molar-refractivity contribution in [3.63, 3.8) is 0 Å². The summed E-state index contributed by atoms with van der Waals surface area (Å²) in [5.41, 5.74) is 2.19. The van der Waals surface area contributed by atoms with E-state index in [4.69, 9.17) is 4.74 Å². The highest BCUT2D eigenvalue weighted by Gasteiger charge is 2.21. The average Bonchev–Trinajstić information content (AvgIpc) is 2.56. The molecule has 1 aromatic heterocycles. The molecule has 0 saturated heterocycles. The Bertz CT molecular complexity index is 527. The van der Waals surface area contributed by atoms with Gasteiger partial charge >= 0.3 is 0 Å². The lowest BCUT2D eigenvalue weighted by Gasteiger charge is -2.22. The third-order valence-electron chi connectivity index (χ3n) is 3.34. The fourth-order valence-corrected chi connectivity index (χ4v) is 2.98. The monoisotopic (exact) mass is 302 g/mol. The van der Waals surface area contributed by atoms with E-state index in [2.05, 4.69) is 47.7 Å². The van der Waals surface area contributed by atoms with Crippen LogP contribution in [0.5, 0.6) is 5.75 Å². The molecule has 0 amide bonds. The second-order valence-corrected chi connectivity index (χ2v) is 5.57. The fraction of sp³-hybridized carbons (Fsp3) is 0.353. The maximum absolute atomic E-state index is 5.49. The van der Waals surface area contributed by atoms with E-state index in [9.17, 15) is 0 Å². The van der Waals surface area contributed by atoms with E-state index >= 15 is 0 Å². The minimum Gasteiger partial charge on any atom is -0.495 e. The number of ether oxygens (including phenoxy) is 1. The van der Waals surface area contributed by atoms with E-state index < -0.39 is 0 Å². The van der Waals surface area contributed by atoms with Gasteiger partial charge in [0.25, 0.3) is 0 Å². The molecule has 4 heteroatoms. The van der Waals surface area contributed by atoms with Crippen LogP contribution in [0, 0.1) is 0 Å². The van der Waals surface area contributed by atoms with Crippen molar-refractivity contribution in [2.24, 2.45) is 0 Å². The lowest BCUT2D eigenvalue weighted by Crippen LogP contribution is -2.25. The van der Waals surface area contributed by atoms with Gasteiger partial charge in [-0.25, -0.2) is 0 Å². The minimum atomic E-state index is 0.0461. The van der Waals surface area contributed by atoms with Crippen molar-refractivity contribution in [1.82, 2.24) is 10.3 Å². The van der Waals surface area contributed by atoms with Gasteiger partial charge in [-0.05, 0) is 43.0 Å². The van der Waals surface area contributed by atoms with Gasteiger partial charge < -0.3 is 10.1 Å². The number of benzene rings is 1. The van der Waals surface area contributed by atoms with Crippen molar-refractivity contribution >= 4 is 11.8 Å². The molecule has 0 saturated carbocycles. The number of rotatable bonds is 7. The summed E-state index contributed by atoms with van der Waals surface area (Å²) in [6, 6.07) is 12.4. The molecule has 112 valence electrons. The van der Waals surface area contributed by atoms with Crippen molar-refractivity contribution in [2.75, 3.05) is 19.9 Å². The quantitative estimate of drug-likeness (QED) is 0.787. The largest absolute Gasteiger partial charge is 0.495 e. The Morgan fingerprint density at radius 1 is 1.24 bits per heavy atom. The molecule has 0 radical (unpaired) electrons. The molecule has 2 rings (SSSR count). The molecule has 21 heavy (non-hydrogen) atoms. The minimum absolute atomic E-state index is 0.0461. The Kier molecular flexibility index (Phi) is 6.08. The smallest absolute Gasteiger partial charge is 0.142 e. The third-order valence-corrected chi connectivity index (χ3v) is 4.15. The maximum Gasteiger partial charge on any atom is 0.142 e. The lowest BCUT2D eigenvalue weighted by molar-refractivity contribution is 0.399. The van der Waals surface area contributed by atoms with Gasteiger partial charge in [-0.3, -0.25) is 4.98 Å². The summed E-state index contributed by atoms with van der Waals surface area (Å²) in [4.78, 5) is 5.82. The van der Waals surface area contributed by atoms with Crippen molar-refractivity contribution in [1.29, 1.82) is 0 Å². The summed E-state index contributed by atoms with van der Waals surface area (Å²) in [6.07, 6.45) is 5.00. The van der Waals surface area contributed by atoms with Crippen LogP contribution in [-0.2, 0) is 0 Å². The van der Waals surface area contributed by atoms with Crippen LogP contribution in [0.15, 0.2) is 47.5 Å². The molecule has 0 aliphatic carbocycles. The normalized spacial score (nSPS) is 12.1. The van der Waals surface area contributed by atoms with Gasteiger partial charge in [-0.2, -0.15) is 0 Å². The van der Waals surface area contributed by atoms with E-state index in [1.165, 1.54) is 10.5 Å². The molecule has 1 unspecified atom stereocenters. The highest BCUT2D eigenvalue weighted by Crippen LogP contribution is 2.33. The van der Waals surface area contributed by atoms with E-state index in [0.29, 0.717) is 0 Å². The number of nitrogens with one attached hydrogen (secondary N) is 1. The first kappa shape index (κ1) is 15.9. The van der Waals surface area contributed by atoms with Gasteiger partial charge in [0.05, 0.1) is 13.2 Å². The lowest BCUT2D eigenvalue weighted by atomic mass is 10.0. The van der Waals surface area contributed by atoms with E-state index in [-0.39, 0.29) is 6.04 Å². The Labute approximate surface area is 131 Å². The van der Waals surface area contributed by atoms with E-state index in [0.717, 1.165) is 24.4 Å². The average molecular weight is 302 g/mol. The second-order valence-electron chi connectivity index (χ2n) is 4.72. The molecule has 1 atom stereocenters. The Morgan fingerprint density at radius 3 is 2.76 bits per heavy atom. The number of nitrogens with zero attached hydrogens (tertiary/aromatic N) is 1. The van der Waals surface area contributed by atoms with Crippen molar-refractivity contribution in [3.8, 4) is 5.75 Å². The van der Waals surface area contributed by atoms with Crippen molar-refractivity contribution < 1.29 is 4.74 Å². The van der Waals surface area contributed by atoms with Crippen LogP contribution in [0.4, 0.5) is 0 Å². The number of thioether (sulfide) groups is 1. The fourth-order valence-electron chi connectivity index (χ4n) is 2.34. The van der Waals surface area contributed by atoms with Crippen LogP contribution >= 0.6 is 11.8 Å². The predicted octanol–water partition coefficient (Wildman–Crippen LogP) is 3.90. The summed E-state index contributed by atoms with van der Waals surface area (Å²) >= 11 is 1.76. The summed E-state index contributed by atoms with van der Waals surface area (Å²) in [6.45, 7) is 3.10. The Balaban J connectivity index is 2.47. The van der Waals surface area contributed by atoms with Gasteiger partial charge in [0.2, 0.25) is 0 Å². The van der Waals surface area contributed by atoms with Crippen LogP contribution in [0.1, 0.15) is 30.6 Å². The molecule has 0 fully saturated rings. The van der Waals surface area contributed by atoms with Gasteiger partial charge in [0.15, 0.2) is 0 Å². The topological polar surface area (TPSA) is 34.2 Å². The summed E-state index contributed by atoms with van der Waals surface area (Å²) in [5.74, 6) is 0.821. The van der Waals surface area contributed by atoms with E-state index in [1.807, 2.05) is 18.3 Å². The van der Waals surface area contributed by atoms with E-state index in [1.54, 1.807) is 18.9 Å². The first-order valence-corrected chi connectivity index (χ1v) is 8.39. The molecule has 3 nitrogen and oxygen atoms in total. The van der Waals surface area contributed by atoms with Gasteiger partial charge in [0.1, 0.15) is 11.4 Å². The first-order chi connectivity index (χ1) is 10.3. The second kappa shape index (κ2) is 8.05. The van der Waals surface area contributed by atoms with Crippen LogP contribution in [-0.4, -0.2) is 24.9 Å². The molecule has 0 bridgehead atoms. The number of aromatic nitrogens is 1. The van der Waals surface area contributed by atoms with Gasteiger partial charge in [0, 0.05) is 11.1 Å². The Hall–Kier alpha value is -1.52. The molecule has 0 aliphatic rings. The van der Waals surface area contributed by atoms with Gasteiger partial charge in [-0.15, -0.1) is 11.8 Å². The SMILES string of the molecule is CCCNC(c1ccccc1SC)c1ncccc1OC. The molecular formula is C17H22N2OS. The third kappa shape index (κ3) is 3.77. The standard InChI is InChI=1S/C17H22N2OS/c1-4-11-18-16(13-8-5-6-10-15(13)21-3)17-14(20-2)9-7-12-19-17/h5-10,12,16,18H,4,11H2,1-3H3. The van der Waals surface area contributed by atoms with Crippen LogP contribution in [0.25, 0.3) is 0 Å². The molecule has 1 aromatic carbocycles. The van der Waals surface area contributed by atoms with Crippen LogP contribution in [0.2, 0.25) is 0 Å². The number of hydrogen-bond donors (Lipinski definition) is 1.